The average molecular weight is 250 g/mol. The summed E-state index contributed by atoms with van der Waals surface area (Å²) < 4.78 is 0. The third kappa shape index (κ3) is 2.72. The number of rotatable bonds is 1. The van der Waals surface area contributed by atoms with Crippen LogP contribution in [0.3, 0.4) is 0 Å². The number of carbonyl (C=O) groups excluding carboxylic acids is 1. The van der Waals surface area contributed by atoms with Crippen molar-refractivity contribution in [1.82, 2.24) is 20.0 Å². The fourth-order valence-corrected chi connectivity index (χ4v) is 1.99. The largest absolute Gasteiger partial charge is 0.335 e. The fraction of sp³-hybridized carbons (Fsp3) is 0.692. The fourth-order valence-electron chi connectivity index (χ4n) is 1.99. The zero-order valence-corrected chi connectivity index (χ0v) is 11.7. The van der Waals surface area contributed by atoms with Crippen molar-refractivity contribution in [2.45, 2.75) is 26.2 Å². The number of nitrogens with zero attached hydrogens (tertiary/aromatic N) is 3. The Morgan fingerprint density at radius 2 is 1.89 bits per heavy atom. The minimum absolute atomic E-state index is 0.00630. The van der Waals surface area contributed by atoms with Gasteiger partial charge in [0.25, 0.3) is 5.91 Å². The molecular weight excluding hydrogens is 228 g/mol. The quantitative estimate of drug-likeness (QED) is 0.812. The number of aromatic nitrogens is 2. The molecule has 1 saturated heterocycles. The molecule has 18 heavy (non-hydrogen) atoms. The van der Waals surface area contributed by atoms with Crippen LogP contribution in [0.1, 0.15) is 37.0 Å². The van der Waals surface area contributed by atoms with Crippen LogP contribution in [0.5, 0.6) is 0 Å². The third-order valence-electron chi connectivity index (χ3n) is 3.40. The molecule has 0 radical (unpaired) electrons. The Morgan fingerprint density at radius 3 is 2.39 bits per heavy atom. The van der Waals surface area contributed by atoms with Crippen LogP contribution >= 0.6 is 0 Å². The van der Waals surface area contributed by atoms with Crippen molar-refractivity contribution in [3.8, 4) is 0 Å². The molecule has 0 saturated carbocycles. The molecule has 1 aromatic heterocycles. The average Bonchev–Trinajstić information content (AvgIpc) is 2.78. The van der Waals surface area contributed by atoms with Crippen LogP contribution in [0.15, 0.2) is 6.07 Å². The minimum atomic E-state index is -0.00630. The Morgan fingerprint density at radius 1 is 1.28 bits per heavy atom. The number of H-pyrrole nitrogens is 1. The molecule has 5 heteroatoms. The molecule has 0 atom stereocenters. The highest BCUT2D eigenvalue weighted by atomic mass is 16.2. The van der Waals surface area contributed by atoms with E-state index in [9.17, 15) is 4.79 Å². The van der Waals surface area contributed by atoms with Crippen LogP contribution < -0.4 is 0 Å². The summed E-state index contributed by atoms with van der Waals surface area (Å²) in [6.45, 7) is 9.74. The molecule has 2 heterocycles. The Bertz CT molecular complexity index is 424. The van der Waals surface area contributed by atoms with Crippen LogP contribution in [0.4, 0.5) is 0 Å². The SMILES string of the molecule is CN1CCN(C(=O)c2cc(C(C)(C)C)[nH]n2)CC1. The summed E-state index contributed by atoms with van der Waals surface area (Å²) in [4.78, 5) is 16.4. The van der Waals surface area contributed by atoms with Crippen LogP contribution in [-0.4, -0.2) is 59.1 Å². The van der Waals surface area contributed by atoms with Crippen LogP contribution in [0, 0.1) is 0 Å². The van der Waals surface area contributed by atoms with Crippen molar-refractivity contribution in [1.29, 1.82) is 0 Å². The molecule has 0 spiro atoms. The first-order chi connectivity index (χ1) is 8.38. The zero-order valence-electron chi connectivity index (χ0n) is 11.7. The molecule has 0 aromatic carbocycles. The number of hydrogen-bond acceptors (Lipinski definition) is 3. The highest BCUT2D eigenvalue weighted by Gasteiger charge is 2.24. The van der Waals surface area contributed by atoms with Crippen LogP contribution in [0.25, 0.3) is 0 Å². The van der Waals surface area contributed by atoms with Gasteiger partial charge in [-0.2, -0.15) is 5.10 Å². The molecule has 0 unspecified atom stereocenters. The number of aromatic amines is 1. The summed E-state index contributed by atoms with van der Waals surface area (Å²) in [5, 5.41) is 7.11. The van der Waals surface area contributed by atoms with E-state index in [2.05, 4.69) is 42.9 Å². The van der Waals surface area contributed by atoms with Gasteiger partial charge in [-0.25, -0.2) is 0 Å². The predicted octanol–water partition coefficient (Wildman–Crippen LogP) is 1.09. The molecule has 2 rings (SSSR count). The highest BCUT2D eigenvalue weighted by Crippen LogP contribution is 2.20. The van der Waals surface area contributed by atoms with Crippen molar-refractivity contribution in [3.63, 3.8) is 0 Å². The van der Waals surface area contributed by atoms with Gasteiger partial charge in [0.2, 0.25) is 0 Å². The zero-order chi connectivity index (χ0) is 13.3. The van der Waals surface area contributed by atoms with Gasteiger partial charge in [0.05, 0.1) is 0 Å². The van der Waals surface area contributed by atoms with Gasteiger partial charge in [-0.15, -0.1) is 0 Å². The van der Waals surface area contributed by atoms with Crippen molar-refractivity contribution in [2.24, 2.45) is 0 Å². The predicted molar refractivity (Wildman–Crippen MR) is 70.7 cm³/mol. The Hall–Kier alpha value is -1.36. The van der Waals surface area contributed by atoms with Gasteiger partial charge in [-0.3, -0.25) is 9.89 Å². The standard InChI is InChI=1S/C13H22N4O/c1-13(2,3)11-9-10(14-15-11)12(18)17-7-5-16(4)6-8-17/h9H,5-8H2,1-4H3,(H,14,15). The number of hydrogen-bond donors (Lipinski definition) is 1. The molecule has 0 aliphatic carbocycles. The van der Waals surface area contributed by atoms with E-state index in [1.165, 1.54) is 0 Å². The van der Waals surface area contributed by atoms with Gasteiger partial charge in [-0.1, -0.05) is 20.8 Å². The molecule has 100 valence electrons. The van der Waals surface area contributed by atoms with Crippen molar-refractivity contribution >= 4 is 5.91 Å². The van der Waals surface area contributed by atoms with Crippen molar-refractivity contribution in [2.75, 3.05) is 33.2 Å². The Kier molecular flexibility index (Phi) is 3.43. The normalized spacial score (nSPS) is 18.1. The maximum absolute atomic E-state index is 12.3. The van der Waals surface area contributed by atoms with Gasteiger partial charge >= 0.3 is 0 Å². The lowest BCUT2D eigenvalue weighted by Crippen LogP contribution is -2.47. The number of carbonyl (C=O) groups is 1. The smallest absolute Gasteiger partial charge is 0.274 e. The summed E-state index contributed by atoms with van der Waals surface area (Å²) >= 11 is 0. The first-order valence-corrected chi connectivity index (χ1v) is 6.41. The van der Waals surface area contributed by atoms with Crippen molar-refractivity contribution in [3.05, 3.63) is 17.5 Å². The number of likely N-dealkylation sites (N-methyl/N-ethyl adjacent to an activating group) is 1. The van der Waals surface area contributed by atoms with E-state index in [0.717, 1.165) is 31.9 Å². The van der Waals surface area contributed by atoms with Crippen LogP contribution in [0.2, 0.25) is 0 Å². The number of piperazine rings is 1. The third-order valence-corrected chi connectivity index (χ3v) is 3.40. The maximum atomic E-state index is 12.3. The summed E-state index contributed by atoms with van der Waals surface area (Å²) in [6.07, 6.45) is 0. The summed E-state index contributed by atoms with van der Waals surface area (Å²) in [5.41, 5.74) is 1.53. The van der Waals surface area contributed by atoms with E-state index >= 15 is 0 Å². The second-order valence-electron chi connectivity index (χ2n) is 6.01. The molecule has 1 amide bonds. The molecule has 5 nitrogen and oxygen atoms in total. The molecule has 1 fully saturated rings. The maximum Gasteiger partial charge on any atom is 0.274 e. The van der Waals surface area contributed by atoms with E-state index < -0.39 is 0 Å². The van der Waals surface area contributed by atoms with Gasteiger partial charge < -0.3 is 9.80 Å². The lowest BCUT2D eigenvalue weighted by atomic mass is 9.92. The first kappa shape index (κ1) is 13.1. The van der Waals surface area contributed by atoms with E-state index in [0.29, 0.717) is 5.69 Å². The minimum Gasteiger partial charge on any atom is -0.335 e. The van der Waals surface area contributed by atoms with E-state index in [1.54, 1.807) is 0 Å². The summed E-state index contributed by atoms with van der Waals surface area (Å²) in [7, 11) is 2.08. The van der Waals surface area contributed by atoms with Gasteiger partial charge in [0.1, 0.15) is 5.69 Å². The lowest BCUT2D eigenvalue weighted by molar-refractivity contribution is 0.0658. The van der Waals surface area contributed by atoms with E-state index in [1.807, 2.05) is 11.0 Å². The lowest BCUT2D eigenvalue weighted by Gasteiger charge is -2.31. The monoisotopic (exact) mass is 250 g/mol. The molecule has 1 aliphatic rings. The van der Waals surface area contributed by atoms with Crippen LogP contribution in [-0.2, 0) is 5.41 Å². The molecule has 1 aromatic rings. The molecule has 1 aliphatic heterocycles. The Balaban J connectivity index is 2.07. The molecular formula is C13H22N4O. The summed E-state index contributed by atoms with van der Waals surface area (Å²) in [5.74, 6) is 0.0369. The summed E-state index contributed by atoms with van der Waals surface area (Å²) in [6, 6.07) is 1.88. The molecule has 1 N–H and O–H groups in total. The number of amides is 1. The Labute approximate surface area is 108 Å². The molecule has 0 bridgehead atoms. The first-order valence-electron chi connectivity index (χ1n) is 6.41. The second-order valence-corrected chi connectivity index (χ2v) is 6.01. The van der Waals surface area contributed by atoms with E-state index in [-0.39, 0.29) is 11.3 Å². The van der Waals surface area contributed by atoms with Gasteiger partial charge in [0.15, 0.2) is 0 Å². The highest BCUT2D eigenvalue weighted by molar-refractivity contribution is 5.92. The second kappa shape index (κ2) is 4.72. The van der Waals surface area contributed by atoms with Gasteiger partial charge in [0, 0.05) is 37.3 Å². The van der Waals surface area contributed by atoms with Gasteiger partial charge in [-0.05, 0) is 13.1 Å². The van der Waals surface area contributed by atoms with E-state index in [4.69, 9.17) is 0 Å². The number of nitrogens with one attached hydrogen (secondary N) is 1. The topological polar surface area (TPSA) is 52.2 Å². The van der Waals surface area contributed by atoms with Crippen molar-refractivity contribution < 1.29 is 4.79 Å².